The molecule has 0 aliphatic rings. The Balaban J connectivity index is 4.34. The fourth-order valence-corrected chi connectivity index (χ4v) is 0.501. The van der Waals surface area contributed by atoms with E-state index in [1.54, 1.807) is 0 Å². The molecule has 0 aromatic carbocycles. The third-order valence-corrected chi connectivity index (χ3v) is 1.40. The second kappa shape index (κ2) is 3.49. The highest BCUT2D eigenvalue weighted by Crippen LogP contribution is 2.19. The van der Waals surface area contributed by atoms with E-state index in [1.165, 1.54) is 0 Å². The number of aliphatic hydroxyl groups is 1. The van der Waals surface area contributed by atoms with Crippen molar-refractivity contribution in [1.29, 1.82) is 0 Å². The molecule has 0 aliphatic heterocycles. The lowest BCUT2D eigenvalue weighted by Gasteiger charge is -2.21. The Hall–Kier alpha value is -0.480. The summed E-state index contributed by atoms with van der Waals surface area (Å²) in [4.78, 5) is 0. The highest BCUT2D eigenvalue weighted by molar-refractivity contribution is 5.13. The second-order valence-electron chi connectivity index (χ2n) is 5.29. The molecule has 1 N–H and O–H groups in total. The van der Waals surface area contributed by atoms with Crippen LogP contribution < -0.4 is 0 Å². The van der Waals surface area contributed by atoms with Crippen molar-refractivity contribution in [1.82, 2.24) is 0 Å². The molecule has 0 fully saturated rings. The monoisotopic (exact) mass is 168 g/mol. The van der Waals surface area contributed by atoms with E-state index in [4.69, 9.17) is 0 Å². The van der Waals surface area contributed by atoms with Gasteiger partial charge >= 0.3 is 0 Å². The van der Waals surface area contributed by atoms with Gasteiger partial charge in [0.25, 0.3) is 0 Å². The predicted octanol–water partition coefficient (Wildman–Crippen LogP) is 2.44. The molecule has 1 heteroatoms. The fourth-order valence-electron chi connectivity index (χ4n) is 0.501. The molecular weight excluding hydrogens is 148 g/mol. The van der Waals surface area contributed by atoms with Gasteiger partial charge in [0.05, 0.1) is 0 Å². The lowest BCUT2D eigenvalue weighted by Crippen LogP contribution is -2.24. The van der Waals surface area contributed by atoms with Gasteiger partial charge in [0, 0.05) is 5.41 Å². The molecule has 0 aromatic rings. The van der Waals surface area contributed by atoms with E-state index in [2.05, 4.69) is 11.8 Å². The molecule has 0 bridgehead atoms. The summed E-state index contributed by atoms with van der Waals surface area (Å²) in [7, 11) is 0. The molecule has 0 aromatic heterocycles. The summed E-state index contributed by atoms with van der Waals surface area (Å²) in [5.74, 6) is 5.90. The third-order valence-electron chi connectivity index (χ3n) is 1.40. The summed E-state index contributed by atoms with van der Waals surface area (Å²) in [6.45, 7) is 12.1. The highest BCUT2D eigenvalue weighted by Gasteiger charge is 2.20. The Labute approximate surface area is 76.2 Å². The first-order valence-corrected chi connectivity index (χ1v) is 4.34. The van der Waals surface area contributed by atoms with E-state index in [0.29, 0.717) is 0 Å². The average molecular weight is 168 g/mol. The number of aliphatic hydroxyl groups excluding tert-OH is 1. The zero-order valence-corrected chi connectivity index (χ0v) is 9.02. The zero-order valence-electron chi connectivity index (χ0n) is 9.02. The van der Waals surface area contributed by atoms with Crippen molar-refractivity contribution >= 4 is 0 Å². The summed E-state index contributed by atoms with van der Waals surface area (Å²) in [5, 5.41) is 9.58. The highest BCUT2D eigenvalue weighted by atomic mass is 16.3. The molecule has 0 radical (unpaired) electrons. The largest absolute Gasteiger partial charge is 0.380 e. The maximum absolute atomic E-state index is 9.58. The van der Waals surface area contributed by atoms with Crippen molar-refractivity contribution in [3.63, 3.8) is 0 Å². The van der Waals surface area contributed by atoms with Crippen LogP contribution in [0.2, 0.25) is 0 Å². The Morgan fingerprint density at radius 1 is 1.00 bits per heavy atom. The van der Waals surface area contributed by atoms with Gasteiger partial charge in [-0.2, -0.15) is 0 Å². The van der Waals surface area contributed by atoms with Gasteiger partial charge in [-0.05, 0) is 26.2 Å². The molecule has 0 amide bonds. The molecule has 0 spiro atoms. The number of rotatable bonds is 0. The standard InChI is InChI=1S/C11H20O/c1-10(2,3)8-7-9(12)11(4,5)6/h9,12H,1-6H3. The molecule has 0 saturated heterocycles. The molecular formula is C11H20O. The van der Waals surface area contributed by atoms with Gasteiger partial charge in [0.15, 0.2) is 0 Å². The summed E-state index contributed by atoms with van der Waals surface area (Å²) in [6.07, 6.45) is -0.531. The van der Waals surface area contributed by atoms with E-state index in [0.717, 1.165) is 0 Å². The van der Waals surface area contributed by atoms with Crippen LogP contribution in [0.3, 0.4) is 0 Å². The number of hydrogen-bond donors (Lipinski definition) is 1. The van der Waals surface area contributed by atoms with Crippen molar-refractivity contribution in [3.8, 4) is 11.8 Å². The molecule has 12 heavy (non-hydrogen) atoms. The smallest absolute Gasteiger partial charge is 0.119 e. The Morgan fingerprint density at radius 2 is 1.42 bits per heavy atom. The maximum atomic E-state index is 9.58. The van der Waals surface area contributed by atoms with Crippen LogP contribution in [0.1, 0.15) is 41.5 Å². The van der Waals surface area contributed by atoms with Crippen LogP contribution in [0.4, 0.5) is 0 Å². The van der Waals surface area contributed by atoms with Crippen LogP contribution in [0, 0.1) is 22.7 Å². The Kier molecular flexibility index (Phi) is 3.35. The summed E-state index contributed by atoms with van der Waals surface area (Å²) >= 11 is 0. The minimum atomic E-state index is -0.531. The van der Waals surface area contributed by atoms with E-state index in [1.807, 2.05) is 41.5 Å². The SMILES string of the molecule is CC(C)(C)C#CC(O)C(C)(C)C. The van der Waals surface area contributed by atoms with Crippen LogP contribution in [-0.2, 0) is 0 Å². The van der Waals surface area contributed by atoms with Crippen molar-refractivity contribution in [2.24, 2.45) is 10.8 Å². The normalized spacial score (nSPS) is 14.9. The fraction of sp³-hybridized carbons (Fsp3) is 0.818. The van der Waals surface area contributed by atoms with Crippen molar-refractivity contribution in [3.05, 3.63) is 0 Å². The average Bonchev–Trinajstić information content (AvgIpc) is 1.78. The lowest BCUT2D eigenvalue weighted by molar-refractivity contribution is 0.113. The minimum Gasteiger partial charge on any atom is -0.380 e. The molecule has 0 rings (SSSR count). The Bertz CT molecular complexity index is 192. The van der Waals surface area contributed by atoms with Gasteiger partial charge in [-0.15, -0.1) is 0 Å². The van der Waals surface area contributed by atoms with Gasteiger partial charge in [0.1, 0.15) is 6.10 Å². The van der Waals surface area contributed by atoms with Crippen LogP contribution >= 0.6 is 0 Å². The molecule has 70 valence electrons. The van der Waals surface area contributed by atoms with Crippen LogP contribution in [0.5, 0.6) is 0 Å². The summed E-state index contributed by atoms with van der Waals surface area (Å²) in [6, 6.07) is 0. The maximum Gasteiger partial charge on any atom is 0.119 e. The molecule has 0 heterocycles. The van der Waals surface area contributed by atoms with Crippen molar-refractivity contribution < 1.29 is 5.11 Å². The first-order valence-electron chi connectivity index (χ1n) is 4.34. The molecule has 0 saturated carbocycles. The quantitative estimate of drug-likeness (QED) is 0.551. The number of hydrogen-bond acceptors (Lipinski definition) is 1. The summed E-state index contributed by atoms with van der Waals surface area (Å²) < 4.78 is 0. The van der Waals surface area contributed by atoms with Gasteiger partial charge in [-0.3, -0.25) is 0 Å². The molecule has 0 aliphatic carbocycles. The predicted molar refractivity (Wildman–Crippen MR) is 52.7 cm³/mol. The lowest BCUT2D eigenvalue weighted by atomic mass is 9.88. The molecule has 1 atom stereocenters. The summed E-state index contributed by atoms with van der Waals surface area (Å²) in [5.41, 5.74) is -0.162. The first-order chi connectivity index (χ1) is 5.13. The van der Waals surface area contributed by atoms with E-state index < -0.39 is 6.10 Å². The second-order valence-corrected chi connectivity index (χ2v) is 5.29. The van der Waals surface area contributed by atoms with Crippen LogP contribution in [-0.4, -0.2) is 11.2 Å². The van der Waals surface area contributed by atoms with Crippen LogP contribution in [0.15, 0.2) is 0 Å². The molecule has 1 unspecified atom stereocenters. The van der Waals surface area contributed by atoms with Gasteiger partial charge in [-0.1, -0.05) is 32.6 Å². The zero-order chi connectivity index (χ0) is 9.99. The third kappa shape index (κ3) is 5.21. The first kappa shape index (κ1) is 11.5. The molecule has 1 nitrogen and oxygen atoms in total. The van der Waals surface area contributed by atoms with Crippen LogP contribution in [0.25, 0.3) is 0 Å². The van der Waals surface area contributed by atoms with E-state index in [-0.39, 0.29) is 10.8 Å². The van der Waals surface area contributed by atoms with Gasteiger partial charge in [0.2, 0.25) is 0 Å². The van der Waals surface area contributed by atoms with E-state index >= 15 is 0 Å². The van der Waals surface area contributed by atoms with Gasteiger partial charge in [-0.25, -0.2) is 0 Å². The van der Waals surface area contributed by atoms with Gasteiger partial charge < -0.3 is 5.11 Å². The van der Waals surface area contributed by atoms with Crippen molar-refractivity contribution in [2.45, 2.75) is 47.6 Å². The topological polar surface area (TPSA) is 20.2 Å². The van der Waals surface area contributed by atoms with E-state index in [9.17, 15) is 5.11 Å². The minimum absolute atomic E-state index is 0.0216. The van der Waals surface area contributed by atoms with Crippen molar-refractivity contribution in [2.75, 3.05) is 0 Å². The Morgan fingerprint density at radius 3 is 1.67 bits per heavy atom.